The molecule has 1 heterocycles. The molecule has 26 heavy (non-hydrogen) atoms. The van der Waals surface area contributed by atoms with Crippen LogP contribution in [0.2, 0.25) is 0 Å². The quantitative estimate of drug-likeness (QED) is 0.712. The molecule has 1 aromatic heterocycles. The first-order chi connectivity index (χ1) is 12.5. The monoisotopic (exact) mass is 365 g/mol. The molecule has 2 amide bonds. The Morgan fingerprint density at radius 3 is 2.00 bits per heavy atom. The number of rotatable bonds is 5. The molecule has 0 unspecified atom stereocenters. The topological polar surface area (TPSA) is 71.1 Å². The van der Waals surface area contributed by atoms with E-state index in [0.29, 0.717) is 10.6 Å². The number of aromatic nitrogens is 1. The zero-order chi connectivity index (χ0) is 18.5. The van der Waals surface area contributed by atoms with Crippen LogP contribution in [0.25, 0.3) is 0 Å². The van der Waals surface area contributed by atoms with Crippen molar-refractivity contribution >= 4 is 34.5 Å². The van der Waals surface area contributed by atoms with Gasteiger partial charge in [0.15, 0.2) is 0 Å². The molecule has 3 rings (SSSR count). The molecule has 0 aliphatic carbocycles. The van der Waals surface area contributed by atoms with Gasteiger partial charge < -0.3 is 10.6 Å². The van der Waals surface area contributed by atoms with Gasteiger partial charge in [-0.3, -0.25) is 9.59 Å². The number of benzene rings is 2. The van der Waals surface area contributed by atoms with Gasteiger partial charge in [0.05, 0.1) is 11.9 Å². The molecule has 0 aliphatic heterocycles. The second kappa shape index (κ2) is 7.93. The zero-order valence-corrected chi connectivity index (χ0v) is 15.4. The van der Waals surface area contributed by atoms with E-state index in [1.165, 1.54) is 11.3 Å². The van der Waals surface area contributed by atoms with Crippen LogP contribution in [-0.4, -0.2) is 16.8 Å². The van der Waals surface area contributed by atoms with Gasteiger partial charge in [-0.05, 0) is 38.1 Å². The molecule has 0 saturated carbocycles. The lowest BCUT2D eigenvalue weighted by Crippen LogP contribution is -2.18. The van der Waals surface area contributed by atoms with Crippen LogP contribution in [0.4, 0.5) is 11.4 Å². The summed E-state index contributed by atoms with van der Waals surface area (Å²) in [5, 5.41) is 5.65. The molecular formula is C20H19N3O2S. The summed E-state index contributed by atoms with van der Waals surface area (Å²) >= 11 is 1.30. The van der Waals surface area contributed by atoms with Gasteiger partial charge in [-0.15, -0.1) is 11.3 Å². The van der Waals surface area contributed by atoms with Crippen molar-refractivity contribution in [1.29, 1.82) is 0 Å². The molecule has 0 atom stereocenters. The van der Waals surface area contributed by atoms with Crippen LogP contribution in [0.3, 0.4) is 0 Å². The van der Waals surface area contributed by atoms with E-state index in [1.54, 1.807) is 5.51 Å². The van der Waals surface area contributed by atoms with Gasteiger partial charge in [-0.2, -0.15) is 0 Å². The Morgan fingerprint density at radius 2 is 1.42 bits per heavy atom. The maximum absolute atomic E-state index is 12.5. The lowest BCUT2D eigenvalue weighted by Gasteiger charge is -2.07. The summed E-state index contributed by atoms with van der Waals surface area (Å²) in [6.07, 6.45) is 0.106. The van der Waals surface area contributed by atoms with E-state index in [0.717, 1.165) is 16.8 Å². The number of nitrogens with zero attached hydrogens (tertiary/aromatic N) is 1. The molecule has 0 bridgehead atoms. The highest BCUT2D eigenvalue weighted by molar-refractivity contribution is 7.10. The van der Waals surface area contributed by atoms with Gasteiger partial charge in [0.2, 0.25) is 5.91 Å². The van der Waals surface area contributed by atoms with Gasteiger partial charge in [0.25, 0.3) is 5.91 Å². The van der Waals surface area contributed by atoms with Gasteiger partial charge in [-0.1, -0.05) is 35.4 Å². The summed E-state index contributed by atoms with van der Waals surface area (Å²) < 4.78 is 0. The highest BCUT2D eigenvalue weighted by Crippen LogP contribution is 2.18. The number of aryl methyl sites for hydroxylation is 2. The SMILES string of the molecule is Cc1ccc(NC(=O)Cc2scnc2C(=O)Nc2ccc(C)cc2)cc1. The molecule has 0 saturated heterocycles. The van der Waals surface area contributed by atoms with E-state index in [9.17, 15) is 9.59 Å². The molecule has 5 nitrogen and oxygen atoms in total. The normalized spacial score (nSPS) is 10.4. The summed E-state index contributed by atoms with van der Waals surface area (Å²) in [5.74, 6) is -0.490. The van der Waals surface area contributed by atoms with Crippen molar-refractivity contribution in [2.75, 3.05) is 10.6 Å². The molecule has 0 aliphatic rings. The van der Waals surface area contributed by atoms with Crippen LogP contribution in [0.5, 0.6) is 0 Å². The highest BCUT2D eigenvalue weighted by Gasteiger charge is 2.17. The Balaban J connectivity index is 1.65. The first-order valence-corrected chi connectivity index (χ1v) is 9.06. The fourth-order valence-electron chi connectivity index (χ4n) is 2.40. The summed E-state index contributed by atoms with van der Waals surface area (Å²) in [7, 11) is 0. The lowest BCUT2D eigenvalue weighted by molar-refractivity contribution is -0.115. The first-order valence-electron chi connectivity index (χ1n) is 8.18. The average Bonchev–Trinajstić information content (AvgIpc) is 3.07. The third kappa shape index (κ3) is 4.55. The molecule has 0 spiro atoms. The molecular weight excluding hydrogens is 346 g/mol. The molecule has 6 heteroatoms. The van der Waals surface area contributed by atoms with Crippen molar-refractivity contribution in [2.24, 2.45) is 0 Å². The number of carbonyl (C=O) groups excluding carboxylic acids is 2. The van der Waals surface area contributed by atoms with Gasteiger partial charge in [-0.25, -0.2) is 4.98 Å². The molecule has 2 N–H and O–H groups in total. The molecule has 0 fully saturated rings. The van der Waals surface area contributed by atoms with Crippen LogP contribution in [0.1, 0.15) is 26.5 Å². The van der Waals surface area contributed by atoms with Crippen LogP contribution in [0, 0.1) is 13.8 Å². The fraction of sp³-hybridized carbons (Fsp3) is 0.150. The molecule has 0 radical (unpaired) electrons. The van der Waals surface area contributed by atoms with Gasteiger partial charge in [0, 0.05) is 16.3 Å². The number of thiazole rings is 1. The maximum atomic E-state index is 12.5. The number of carbonyl (C=O) groups is 2. The number of hydrogen-bond donors (Lipinski definition) is 2. The van der Waals surface area contributed by atoms with E-state index < -0.39 is 0 Å². The Kier molecular flexibility index (Phi) is 5.43. The molecule has 3 aromatic rings. The summed E-state index contributed by atoms with van der Waals surface area (Å²) in [4.78, 5) is 29.5. The Morgan fingerprint density at radius 1 is 0.885 bits per heavy atom. The average molecular weight is 365 g/mol. The van der Waals surface area contributed by atoms with Crippen molar-refractivity contribution in [3.8, 4) is 0 Å². The number of amides is 2. The van der Waals surface area contributed by atoms with Crippen molar-refractivity contribution in [3.05, 3.63) is 75.7 Å². The number of nitrogens with one attached hydrogen (secondary N) is 2. The van der Waals surface area contributed by atoms with E-state index in [2.05, 4.69) is 15.6 Å². The number of hydrogen-bond acceptors (Lipinski definition) is 4. The Bertz CT molecular complexity index is 915. The second-order valence-corrected chi connectivity index (χ2v) is 6.97. The predicted octanol–water partition coefficient (Wildman–Crippen LogP) is 4.19. The highest BCUT2D eigenvalue weighted by atomic mass is 32.1. The minimum Gasteiger partial charge on any atom is -0.326 e. The lowest BCUT2D eigenvalue weighted by atomic mass is 10.2. The zero-order valence-electron chi connectivity index (χ0n) is 14.6. The van der Waals surface area contributed by atoms with Gasteiger partial charge >= 0.3 is 0 Å². The minimum atomic E-state index is -0.312. The van der Waals surface area contributed by atoms with E-state index in [4.69, 9.17) is 0 Å². The van der Waals surface area contributed by atoms with Crippen LogP contribution in [0.15, 0.2) is 54.0 Å². The molecule has 132 valence electrons. The van der Waals surface area contributed by atoms with E-state index in [-0.39, 0.29) is 23.9 Å². The first kappa shape index (κ1) is 17.8. The third-order valence-corrected chi connectivity index (χ3v) is 4.65. The third-order valence-electron chi connectivity index (χ3n) is 3.82. The van der Waals surface area contributed by atoms with Gasteiger partial charge in [0.1, 0.15) is 5.69 Å². The van der Waals surface area contributed by atoms with Crippen molar-refractivity contribution in [1.82, 2.24) is 4.98 Å². The fourth-order valence-corrected chi connectivity index (χ4v) is 3.15. The number of anilines is 2. The Hall–Kier alpha value is -2.99. The standard InChI is InChI=1S/C20H19N3O2S/c1-13-3-7-15(8-4-13)22-18(24)11-17-19(21-12-26-17)20(25)23-16-9-5-14(2)6-10-16/h3-10,12H,11H2,1-2H3,(H,22,24)(H,23,25). The van der Waals surface area contributed by atoms with Crippen molar-refractivity contribution < 1.29 is 9.59 Å². The minimum absolute atomic E-state index is 0.106. The maximum Gasteiger partial charge on any atom is 0.275 e. The second-order valence-electron chi connectivity index (χ2n) is 6.04. The van der Waals surface area contributed by atoms with E-state index in [1.807, 2.05) is 62.4 Å². The summed E-state index contributed by atoms with van der Waals surface area (Å²) in [6, 6.07) is 15.1. The Labute approximate surface area is 156 Å². The van der Waals surface area contributed by atoms with Crippen molar-refractivity contribution in [2.45, 2.75) is 20.3 Å². The van der Waals surface area contributed by atoms with E-state index >= 15 is 0 Å². The largest absolute Gasteiger partial charge is 0.326 e. The van der Waals surface area contributed by atoms with Crippen LogP contribution < -0.4 is 10.6 Å². The molecule has 2 aromatic carbocycles. The summed E-state index contributed by atoms with van der Waals surface area (Å²) in [5.41, 5.74) is 5.54. The summed E-state index contributed by atoms with van der Waals surface area (Å²) in [6.45, 7) is 3.97. The van der Waals surface area contributed by atoms with Crippen LogP contribution >= 0.6 is 11.3 Å². The van der Waals surface area contributed by atoms with Crippen LogP contribution in [-0.2, 0) is 11.2 Å². The smallest absolute Gasteiger partial charge is 0.275 e. The predicted molar refractivity (Wildman–Crippen MR) is 105 cm³/mol. The van der Waals surface area contributed by atoms with Crippen molar-refractivity contribution in [3.63, 3.8) is 0 Å².